The fourth-order valence-electron chi connectivity index (χ4n) is 2.03. The number of hydrogen-bond donors (Lipinski definition) is 1. The van der Waals surface area contributed by atoms with Crippen LogP contribution in [0.3, 0.4) is 0 Å². The van der Waals surface area contributed by atoms with Crippen molar-refractivity contribution in [1.29, 1.82) is 0 Å². The van der Waals surface area contributed by atoms with Crippen LogP contribution in [0.4, 0.5) is 0 Å². The minimum absolute atomic E-state index is 0.581. The molecule has 4 nitrogen and oxygen atoms in total. The van der Waals surface area contributed by atoms with Gasteiger partial charge in [-0.25, -0.2) is 4.68 Å². The molecule has 0 atom stereocenters. The third-order valence-corrected chi connectivity index (χ3v) is 3.60. The van der Waals surface area contributed by atoms with Gasteiger partial charge in [0.2, 0.25) is 5.88 Å². The van der Waals surface area contributed by atoms with Gasteiger partial charge in [-0.3, -0.25) is 0 Å². The maximum Gasteiger partial charge on any atom is 0.221 e. The molecule has 102 valence electrons. The van der Waals surface area contributed by atoms with Crippen LogP contribution in [0.1, 0.15) is 16.8 Å². The minimum atomic E-state index is 0.581. The van der Waals surface area contributed by atoms with Gasteiger partial charge in [0.05, 0.1) is 10.2 Å². The molecule has 2 aromatic rings. The van der Waals surface area contributed by atoms with Crippen LogP contribution in [0.2, 0.25) is 0 Å². The first-order valence-electron chi connectivity index (χ1n) is 6.19. The van der Waals surface area contributed by atoms with Gasteiger partial charge in [-0.05, 0) is 60.4 Å². The Kier molecular flexibility index (Phi) is 4.27. The summed E-state index contributed by atoms with van der Waals surface area (Å²) >= 11 is 3.52. The molecule has 1 aromatic carbocycles. The van der Waals surface area contributed by atoms with Gasteiger partial charge in [0.1, 0.15) is 5.75 Å². The normalized spacial score (nSPS) is 10.8. The highest BCUT2D eigenvalue weighted by Gasteiger charge is 2.15. The lowest BCUT2D eigenvalue weighted by molar-refractivity contribution is 0.423. The minimum Gasteiger partial charge on any atom is -0.438 e. The van der Waals surface area contributed by atoms with Crippen molar-refractivity contribution < 1.29 is 4.74 Å². The van der Waals surface area contributed by atoms with E-state index in [1.807, 2.05) is 39.1 Å². The molecule has 2 rings (SSSR count). The van der Waals surface area contributed by atoms with Crippen molar-refractivity contribution in [3.05, 3.63) is 39.5 Å². The van der Waals surface area contributed by atoms with Crippen LogP contribution in [0, 0.1) is 13.8 Å². The van der Waals surface area contributed by atoms with Crippen molar-refractivity contribution in [2.24, 2.45) is 12.8 Å². The predicted octanol–water partition coefficient (Wildman–Crippen LogP) is 3.09. The first-order chi connectivity index (χ1) is 9.02. The number of nitrogens with zero attached hydrogens (tertiary/aromatic N) is 2. The lowest BCUT2D eigenvalue weighted by Crippen LogP contribution is -2.05. The molecule has 19 heavy (non-hydrogen) atoms. The molecule has 0 amide bonds. The lowest BCUT2D eigenvalue weighted by Gasteiger charge is -2.10. The molecule has 0 saturated carbocycles. The Labute approximate surface area is 121 Å². The van der Waals surface area contributed by atoms with Crippen LogP contribution in [0.15, 0.2) is 22.7 Å². The number of hydrogen-bond acceptors (Lipinski definition) is 3. The van der Waals surface area contributed by atoms with E-state index in [2.05, 4.69) is 21.0 Å². The molecule has 0 saturated heterocycles. The average molecular weight is 324 g/mol. The fraction of sp³-hybridized carbons (Fsp3) is 0.357. The van der Waals surface area contributed by atoms with Gasteiger partial charge >= 0.3 is 0 Å². The van der Waals surface area contributed by atoms with Gasteiger partial charge in [0, 0.05) is 12.6 Å². The fourth-order valence-corrected chi connectivity index (χ4v) is 2.61. The van der Waals surface area contributed by atoms with E-state index < -0.39 is 0 Å². The SMILES string of the molecule is Cc1ccc(Oc2c(CCN)c(C)nn2C)c(Br)c1. The van der Waals surface area contributed by atoms with E-state index in [1.54, 1.807) is 4.68 Å². The van der Waals surface area contributed by atoms with Crippen molar-refractivity contribution in [3.8, 4) is 11.6 Å². The molecular weight excluding hydrogens is 306 g/mol. The van der Waals surface area contributed by atoms with Crippen molar-refractivity contribution in [2.75, 3.05) is 6.54 Å². The molecule has 0 aliphatic heterocycles. The summed E-state index contributed by atoms with van der Waals surface area (Å²) in [6, 6.07) is 6.00. The number of aryl methyl sites for hydroxylation is 3. The van der Waals surface area contributed by atoms with Crippen LogP contribution >= 0.6 is 15.9 Å². The number of benzene rings is 1. The summed E-state index contributed by atoms with van der Waals surface area (Å²) in [5.74, 6) is 1.54. The number of nitrogens with two attached hydrogens (primary N) is 1. The Morgan fingerprint density at radius 1 is 1.37 bits per heavy atom. The van der Waals surface area contributed by atoms with Gasteiger partial charge in [0.25, 0.3) is 0 Å². The van der Waals surface area contributed by atoms with E-state index in [0.29, 0.717) is 6.54 Å². The molecule has 2 N–H and O–H groups in total. The molecule has 0 fully saturated rings. The van der Waals surface area contributed by atoms with Crippen molar-refractivity contribution in [1.82, 2.24) is 9.78 Å². The van der Waals surface area contributed by atoms with Crippen LogP contribution < -0.4 is 10.5 Å². The van der Waals surface area contributed by atoms with E-state index in [4.69, 9.17) is 10.5 Å². The molecule has 0 aliphatic carbocycles. The molecule has 0 bridgehead atoms. The molecule has 1 heterocycles. The smallest absolute Gasteiger partial charge is 0.221 e. The lowest BCUT2D eigenvalue weighted by atomic mass is 10.2. The van der Waals surface area contributed by atoms with E-state index in [0.717, 1.165) is 33.8 Å². The standard InChI is InChI=1S/C14H18BrN3O/c1-9-4-5-13(12(15)8-9)19-14-11(6-7-16)10(2)17-18(14)3/h4-5,8H,6-7,16H2,1-3H3. The van der Waals surface area contributed by atoms with Crippen LogP contribution in [-0.4, -0.2) is 16.3 Å². The third-order valence-electron chi connectivity index (χ3n) is 2.98. The van der Waals surface area contributed by atoms with Gasteiger partial charge in [-0.2, -0.15) is 5.10 Å². The summed E-state index contributed by atoms with van der Waals surface area (Å²) in [7, 11) is 1.88. The van der Waals surface area contributed by atoms with Gasteiger partial charge in [-0.15, -0.1) is 0 Å². The maximum absolute atomic E-state index is 6.00. The summed E-state index contributed by atoms with van der Waals surface area (Å²) in [5, 5.41) is 4.39. The quantitative estimate of drug-likeness (QED) is 0.940. The zero-order chi connectivity index (χ0) is 14.0. The number of ether oxygens (including phenoxy) is 1. The number of rotatable bonds is 4. The van der Waals surface area contributed by atoms with Gasteiger partial charge in [-0.1, -0.05) is 6.07 Å². The van der Waals surface area contributed by atoms with Gasteiger partial charge in [0.15, 0.2) is 0 Å². The van der Waals surface area contributed by atoms with E-state index in [-0.39, 0.29) is 0 Å². The highest BCUT2D eigenvalue weighted by molar-refractivity contribution is 9.10. The summed E-state index contributed by atoms with van der Waals surface area (Å²) < 4.78 is 8.69. The molecule has 0 radical (unpaired) electrons. The molecular formula is C14H18BrN3O. The largest absolute Gasteiger partial charge is 0.438 e. The van der Waals surface area contributed by atoms with Crippen molar-refractivity contribution >= 4 is 15.9 Å². The molecule has 0 unspecified atom stereocenters. The Morgan fingerprint density at radius 3 is 2.74 bits per heavy atom. The topological polar surface area (TPSA) is 53.1 Å². The predicted molar refractivity (Wildman–Crippen MR) is 79.7 cm³/mol. The Morgan fingerprint density at radius 2 is 2.11 bits per heavy atom. The first-order valence-corrected chi connectivity index (χ1v) is 6.98. The summed E-state index contributed by atoms with van der Waals surface area (Å²) in [6.07, 6.45) is 0.762. The second kappa shape index (κ2) is 5.75. The zero-order valence-electron chi connectivity index (χ0n) is 11.4. The number of halogens is 1. The van der Waals surface area contributed by atoms with Gasteiger partial charge < -0.3 is 10.5 Å². The van der Waals surface area contributed by atoms with Crippen molar-refractivity contribution in [3.63, 3.8) is 0 Å². The highest BCUT2D eigenvalue weighted by Crippen LogP contribution is 2.33. The van der Waals surface area contributed by atoms with Crippen LogP contribution in [-0.2, 0) is 13.5 Å². The summed E-state index contributed by atoms with van der Waals surface area (Å²) in [5.41, 5.74) is 8.86. The van der Waals surface area contributed by atoms with Crippen LogP contribution in [0.25, 0.3) is 0 Å². The van der Waals surface area contributed by atoms with Crippen LogP contribution in [0.5, 0.6) is 11.6 Å². The average Bonchev–Trinajstić information content (AvgIpc) is 2.60. The Hall–Kier alpha value is -1.33. The highest BCUT2D eigenvalue weighted by atomic mass is 79.9. The monoisotopic (exact) mass is 323 g/mol. The second-order valence-corrected chi connectivity index (χ2v) is 5.42. The first kappa shape index (κ1) is 14.1. The second-order valence-electron chi connectivity index (χ2n) is 4.57. The van der Waals surface area contributed by atoms with Crippen molar-refractivity contribution in [2.45, 2.75) is 20.3 Å². The maximum atomic E-state index is 6.00. The summed E-state index contributed by atoms with van der Waals surface area (Å²) in [4.78, 5) is 0. The van der Waals surface area contributed by atoms with E-state index in [9.17, 15) is 0 Å². The zero-order valence-corrected chi connectivity index (χ0v) is 13.0. The third kappa shape index (κ3) is 2.98. The number of aromatic nitrogens is 2. The molecule has 0 spiro atoms. The molecule has 0 aliphatic rings. The summed E-state index contributed by atoms with van der Waals surface area (Å²) in [6.45, 7) is 4.60. The molecule has 1 aromatic heterocycles. The Balaban J connectivity index is 2.37. The Bertz CT molecular complexity index is 593. The van der Waals surface area contributed by atoms with E-state index in [1.165, 1.54) is 5.56 Å². The molecule has 5 heteroatoms. The van der Waals surface area contributed by atoms with E-state index >= 15 is 0 Å².